The lowest BCUT2D eigenvalue weighted by Gasteiger charge is -2.35. The number of carbonyl (C=O) groups excluding carboxylic acids is 1. The lowest BCUT2D eigenvalue weighted by atomic mass is 9.82. The quantitative estimate of drug-likeness (QED) is 0.645. The van der Waals surface area contributed by atoms with Crippen molar-refractivity contribution >= 4 is 5.91 Å². The molecule has 0 saturated heterocycles. The highest BCUT2D eigenvalue weighted by Gasteiger charge is 2.30. The van der Waals surface area contributed by atoms with E-state index in [2.05, 4.69) is 24.1 Å². The van der Waals surface area contributed by atoms with Gasteiger partial charge < -0.3 is 10.1 Å². The highest BCUT2D eigenvalue weighted by molar-refractivity contribution is 5.78. The van der Waals surface area contributed by atoms with E-state index in [1.54, 1.807) is 18.2 Å². The van der Waals surface area contributed by atoms with Gasteiger partial charge in [-0.3, -0.25) is 4.79 Å². The fourth-order valence-corrected chi connectivity index (χ4v) is 3.15. The molecule has 2 rings (SSSR count). The lowest BCUT2D eigenvalue weighted by molar-refractivity contribution is -0.125. The highest BCUT2D eigenvalue weighted by Crippen LogP contribution is 2.29. The van der Waals surface area contributed by atoms with Gasteiger partial charge >= 0.3 is 0 Å². The minimum absolute atomic E-state index is 0.0325. The van der Waals surface area contributed by atoms with E-state index in [4.69, 9.17) is 4.74 Å². The number of amides is 1. The molecule has 3 nitrogen and oxygen atoms in total. The largest absolute Gasteiger partial charge is 0.378 e. The molecule has 0 bridgehead atoms. The van der Waals surface area contributed by atoms with Crippen molar-refractivity contribution in [3.63, 3.8) is 0 Å². The summed E-state index contributed by atoms with van der Waals surface area (Å²) in [5.41, 5.74) is 0.428. The fraction of sp³-hybridized carbons (Fsp3) is 0.609. The minimum atomic E-state index is -0.289. The van der Waals surface area contributed by atoms with Crippen LogP contribution in [0.4, 0.5) is 4.39 Å². The summed E-state index contributed by atoms with van der Waals surface area (Å²) >= 11 is 0. The van der Waals surface area contributed by atoms with Crippen molar-refractivity contribution in [3.05, 3.63) is 35.6 Å². The van der Waals surface area contributed by atoms with E-state index in [1.807, 2.05) is 13.8 Å². The van der Waals surface area contributed by atoms with Gasteiger partial charge in [0.05, 0.1) is 11.7 Å². The number of ether oxygens (including phenoxy) is 1. The Morgan fingerprint density at radius 1 is 1.30 bits per heavy atom. The molecule has 1 N–H and O–H groups in total. The molecule has 0 radical (unpaired) electrons. The van der Waals surface area contributed by atoms with Crippen molar-refractivity contribution in [2.24, 2.45) is 17.8 Å². The molecule has 2 atom stereocenters. The Bertz CT molecular complexity index is 658. The standard InChI is InChI=1S/C23H32FNO2/c1-4-13-27-21-14-19(15-21)16-25-23(26)18(3)11-9-17(2)10-12-20-7-5-6-8-22(20)24/h5-8,17-19,21H,4,9,11,13-16H2,1-3H3,(H,25,26). The topological polar surface area (TPSA) is 38.3 Å². The number of halogens is 1. The van der Waals surface area contributed by atoms with Gasteiger partial charge in [-0.05, 0) is 50.2 Å². The summed E-state index contributed by atoms with van der Waals surface area (Å²) in [4.78, 5) is 12.2. The summed E-state index contributed by atoms with van der Waals surface area (Å²) < 4.78 is 19.3. The van der Waals surface area contributed by atoms with E-state index in [0.717, 1.165) is 45.3 Å². The molecule has 0 spiro atoms. The van der Waals surface area contributed by atoms with Crippen molar-refractivity contribution in [2.45, 2.75) is 59.0 Å². The smallest absolute Gasteiger partial charge is 0.222 e. The number of hydrogen-bond donors (Lipinski definition) is 1. The summed E-state index contributed by atoms with van der Waals surface area (Å²) in [5.74, 6) is 6.46. The Labute approximate surface area is 163 Å². The number of nitrogens with one attached hydrogen (secondary N) is 1. The van der Waals surface area contributed by atoms with Crippen LogP contribution in [-0.4, -0.2) is 25.2 Å². The molecule has 0 aliphatic heterocycles. The van der Waals surface area contributed by atoms with E-state index in [0.29, 0.717) is 17.6 Å². The van der Waals surface area contributed by atoms with Crippen LogP contribution in [0.3, 0.4) is 0 Å². The van der Waals surface area contributed by atoms with E-state index >= 15 is 0 Å². The molecule has 27 heavy (non-hydrogen) atoms. The average Bonchev–Trinajstić information content (AvgIpc) is 2.63. The third-order valence-electron chi connectivity index (χ3n) is 5.12. The number of rotatable bonds is 9. The number of hydrogen-bond acceptors (Lipinski definition) is 2. The number of benzene rings is 1. The Kier molecular flexibility index (Phi) is 8.81. The van der Waals surface area contributed by atoms with Gasteiger partial charge in [0, 0.05) is 25.0 Å². The maximum absolute atomic E-state index is 13.6. The van der Waals surface area contributed by atoms with Gasteiger partial charge in [0.15, 0.2) is 0 Å². The minimum Gasteiger partial charge on any atom is -0.378 e. The molecule has 1 aromatic rings. The zero-order valence-electron chi connectivity index (χ0n) is 16.8. The van der Waals surface area contributed by atoms with Crippen molar-refractivity contribution < 1.29 is 13.9 Å². The second-order valence-corrected chi connectivity index (χ2v) is 7.70. The van der Waals surface area contributed by atoms with Crippen molar-refractivity contribution in [2.75, 3.05) is 13.2 Å². The van der Waals surface area contributed by atoms with Gasteiger partial charge in [-0.15, -0.1) is 0 Å². The first kappa shape index (κ1) is 21.4. The van der Waals surface area contributed by atoms with Crippen LogP contribution in [0.5, 0.6) is 0 Å². The second kappa shape index (κ2) is 11.1. The molecule has 1 aliphatic rings. The maximum Gasteiger partial charge on any atom is 0.222 e. The average molecular weight is 374 g/mol. The summed E-state index contributed by atoms with van der Waals surface area (Å²) in [6.07, 6.45) is 5.16. The molecule has 0 heterocycles. The Balaban J connectivity index is 1.63. The Morgan fingerprint density at radius 2 is 2.04 bits per heavy atom. The number of carbonyl (C=O) groups is 1. The highest BCUT2D eigenvalue weighted by atomic mass is 19.1. The molecular formula is C23H32FNO2. The maximum atomic E-state index is 13.6. The predicted octanol–water partition coefficient (Wildman–Crippen LogP) is 4.55. The molecule has 2 unspecified atom stereocenters. The van der Waals surface area contributed by atoms with E-state index in [9.17, 15) is 9.18 Å². The van der Waals surface area contributed by atoms with E-state index < -0.39 is 0 Å². The van der Waals surface area contributed by atoms with Gasteiger partial charge in [0.1, 0.15) is 5.82 Å². The third kappa shape index (κ3) is 7.34. The van der Waals surface area contributed by atoms with Crippen LogP contribution in [0, 0.1) is 35.4 Å². The monoisotopic (exact) mass is 373 g/mol. The molecule has 1 fully saturated rings. The van der Waals surface area contributed by atoms with Crippen LogP contribution in [0.1, 0.15) is 58.4 Å². The summed E-state index contributed by atoms with van der Waals surface area (Å²) in [5, 5.41) is 3.07. The van der Waals surface area contributed by atoms with Gasteiger partial charge in [-0.25, -0.2) is 4.39 Å². The van der Waals surface area contributed by atoms with Crippen LogP contribution < -0.4 is 5.32 Å². The lowest BCUT2D eigenvalue weighted by Crippen LogP contribution is -2.41. The molecule has 1 aliphatic carbocycles. The molecule has 4 heteroatoms. The van der Waals surface area contributed by atoms with E-state index in [1.165, 1.54) is 6.07 Å². The second-order valence-electron chi connectivity index (χ2n) is 7.70. The fourth-order valence-electron chi connectivity index (χ4n) is 3.15. The first-order chi connectivity index (χ1) is 13.0. The molecule has 1 amide bonds. The van der Waals surface area contributed by atoms with Gasteiger partial charge in [-0.2, -0.15) is 0 Å². The predicted molar refractivity (Wildman–Crippen MR) is 107 cm³/mol. The van der Waals surface area contributed by atoms with Crippen LogP contribution in [0.25, 0.3) is 0 Å². The van der Waals surface area contributed by atoms with Crippen LogP contribution in [0.2, 0.25) is 0 Å². The zero-order chi connectivity index (χ0) is 19.6. The Morgan fingerprint density at radius 3 is 2.74 bits per heavy atom. The van der Waals surface area contributed by atoms with Crippen molar-refractivity contribution in [1.29, 1.82) is 0 Å². The SMILES string of the molecule is CCCOC1CC(CNC(=O)C(C)CCC(C)C#Cc2ccccc2F)C1. The van der Waals surface area contributed by atoms with Gasteiger partial charge in [0.25, 0.3) is 0 Å². The normalized spacial score (nSPS) is 20.7. The molecule has 148 valence electrons. The van der Waals surface area contributed by atoms with Crippen LogP contribution >= 0.6 is 0 Å². The molecule has 0 aromatic heterocycles. The third-order valence-corrected chi connectivity index (χ3v) is 5.12. The molecular weight excluding hydrogens is 341 g/mol. The zero-order valence-corrected chi connectivity index (χ0v) is 16.8. The van der Waals surface area contributed by atoms with Gasteiger partial charge in [-0.1, -0.05) is 44.7 Å². The van der Waals surface area contributed by atoms with Crippen molar-refractivity contribution in [3.8, 4) is 11.8 Å². The summed E-state index contributed by atoms with van der Waals surface area (Å²) in [6.45, 7) is 7.67. The summed E-state index contributed by atoms with van der Waals surface area (Å²) in [7, 11) is 0. The molecule has 1 saturated carbocycles. The Hall–Kier alpha value is -1.86. The van der Waals surface area contributed by atoms with Gasteiger partial charge in [0.2, 0.25) is 5.91 Å². The van der Waals surface area contributed by atoms with Crippen LogP contribution in [0.15, 0.2) is 24.3 Å². The van der Waals surface area contributed by atoms with Crippen molar-refractivity contribution in [1.82, 2.24) is 5.32 Å². The first-order valence-corrected chi connectivity index (χ1v) is 10.1. The van der Waals surface area contributed by atoms with E-state index in [-0.39, 0.29) is 23.6 Å². The first-order valence-electron chi connectivity index (χ1n) is 10.1. The van der Waals surface area contributed by atoms with Crippen LogP contribution in [-0.2, 0) is 9.53 Å². The molecule has 1 aromatic carbocycles. The summed E-state index contributed by atoms with van der Waals surface area (Å²) in [6, 6.07) is 6.54.